The van der Waals surface area contributed by atoms with Gasteiger partial charge in [-0.1, -0.05) is 13.8 Å². The Hall–Kier alpha value is -2.45. The molecule has 0 aliphatic heterocycles. The summed E-state index contributed by atoms with van der Waals surface area (Å²) in [5.41, 5.74) is 2.81. The quantitative estimate of drug-likeness (QED) is 0.612. The second kappa shape index (κ2) is 7.52. The largest absolute Gasteiger partial charge is 0.416 e. The van der Waals surface area contributed by atoms with Crippen molar-refractivity contribution >= 4 is 5.91 Å². The molecule has 2 rings (SSSR count). The maximum atomic E-state index is 13.2. The van der Waals surface area contributed by atoms with E-state index in [1.807, 2.05) is 13.8 Å². The molecule has 9 heteroatoms. The van der Waals surface area contributed by atoms with E-state index in [9.17, 15) is 31.1 Å². The fraction of sp³-hybridized carbons (Fsp3) is 0.421. The highest BCUT2D eigenvalue weighted by atomic mass is 19.4. The summed E-state index contributed by atoms with van der Waals surface area (Å²) >= 11 is 0. The van der Waals surface area contributed by atoms with E-state index >= 15 is 0 Å². The zero-order valence-electron chi connectivity index (χ0n) is 15.5. The fourth-order valence-corrected chi connectivity index (χ4v) is 3.32. The predicted octanol–water partition coefficient (Wildman–Crippen LogP) is 5.96. The first-order chi connectivity index (χ1) is 12.8. The van der Waals surface area contributed by atoms with Gasteiger partial charge in [-0.2, -0.15) is 26.3 Å². The molecule has 1 aromatic heterocycles. The molecule has 0 fully saturated rings. The van der Waals surface area contributed by atoms with Crippen LogP contribution in [0.3, 0.4) is 0 Å². The van der Waals surface area contributed by atoms with Crippen molar-refractivity contribution in [2.75, 3.05) is 0 Å². The lowest BCUT2D eigenvalue weighted by Gasteiger charge is -2.22. The van der Waals surface area contributed by atoms with Gasteiger partial charge in [0.25, 0.3) is 5.91 Å². The number of alkyl halides is 6. The minimum Gasteiger partial charge on any atom is -0.366 e. The molecule has 0 unspecified atom stereocenters. The van der Waals surface area contributed by atoms with E-state index < -0.39 is 29.4 Å². The Balaban J connectivity index is 2.86. The standard InChI is InChI=1S/C19H20F6N2O/c1-4-14(5-2)27-10(3)15(17(26)28)9-16(27)11-6-12(18(20,21)22)8-13(7-11)19(23,24)25/h6-9,14H,4-5H2,1-3H3,(H2,26,28). The summed E-state index contributed by atoms with van der Waals surface area (Å²) in [5, 5.41) is 0. The summed E-state index contributed by atoms with van der Waals surface area (Å²) < 4.78 is 80.8. The molecule has 0 spiro atoms. The Bertz CT molecular complexity index is 844. The highest BCUT2D eigenvalue weighted by Gasteiger charge is 2.37. The lowest BCUT2D eigenvalue weighted by atomic mass is 10.0. The molecule has 1 heterocycles. The smallest absolute Gasteiger partial charge is 0.366 e. The number of rotatable bonds is 5. The van der Waals surface area contributed by atoms with Crippen LogP contribution in [-0.2, 0) is 12.4 Å². The van der Waals surface area contributed by atoms with Crippen LogP contribution in [0, 0.1) is 6.92 Å². The van der Waals surface area contributed by atoms with E-state index in [2.05, 4.69) is 0 Å². The van der Waals surface area contributed by atoms with E-state index in [4.69, 9.17) is 5.73 Å². The predicted molar refractivity (Wildman–Crippen MR) is 92.7 cm³/mol. The monoisotopic (exact) mass is 406 g/mol. The lowest BCUT2D eigenvalue weighted by Crippen LogP contribution is -2.15. The number of amides is 1. The molecular weight excluding hydrogens is 386 g/mol. The van der Waals surface area contributed by atoms with Gasteiger partial charge in [-0.25, -0.2) is 0 Å². The van der Waals surface area contributed by atoms with Crippen molar-refractivity contribution in [3.8, 4) is 11.3 Å². The van der Waals surface area contributed by atoms with Gasteiger partial charge in [-0.05, 0) is 49.6 Å². The van der Waals surface area contributed by atoms with Gasteiger partial charge in [-0.3, -0.25) is 4.79 Å². The molecule has 1 amide bonds. The Morgan fingerprint density at radius 2 is 1.43 bits per heavy atom. The number of aromatic nitrogens is 1. The van der Waals surface area contributed by atoms with Crippen molar-refractivity contribution in [3.63, 3.8) is 0 Å². The van der Waals surface area contributed by atoms with Crippen LogP contribution in [0.25, 0.3) is 11.3 Å². The second-order valence-corrected chi connectivity index (χ2v) is 6.53. The first-order valence-electron chi connectivity index (χ1n) is 8.62. The van der Waals surface area contributed by atoms with Gasteiger partial charge in [0.1, 0.15) is 0 Å². The molecule has 154 valence electrons. The van der Waals surface area contributed by atoms with Crippen LogP contribution in [0.4, 0.5) is 26.3 Å². The third-order valence-electron chi connectivity index (χ3n) is 4.75. The summed E-state index contributed by atoms with van der Waals surface area (Å²) in [7, 11) is 0. The minimum atomic E-state index is -4.95. The van der Waals surface area contributed by atoms with Crippen LogP contribution in [0.2, 0.25) is 0 Å². The van der Waals surface area contributed by atoms with Crippen LogP contribution < -0.4 is 5.73 Å². The molecule has 0 atom stereocenters. The minimum absolute atomic E-state index is 0.0628. The molecule has 0 saturated heterocycles. The molecule has 0 aliphatic rings. The summed E-state index contributed by atoms with van der Waals surface area (Å²) in [6, 6.07) is 2.44. The van der Waals surface area contributed by atoms with Crippen LogP contribution in [0.1, 0.15) is 59.9 Å². The molecule has 0 saturated carbocycles. The van der Waals surface area contributed by atoms with Crippen molar-refractivity contribution in [1.82, 2.24) is 4.57 Å². The third-order valence-corrected chi connectivity index (χ3v) is 4.75. The Morgan fingerprint density at radius 1 is 0.964 bits per heavy atom. The van der Waals surface area contributed by atoms with Gasteiger partial charge < -0.3 is 10.3 Å². The molecule has 0 bridgehead atoms. The second-order valence-electron chi connectivity index (χ2n) is 6.53. The van der Waals surface area contributed by atoms with Crippen molar-refractivity contribution in [2.24, 2.45) is 5.73 Å². The van der Waals surface area contributed by atoms with Crippen molar-refractivity contribution in [1.29, 1.82) is 0 Å². The lowest BCUT2D eigenvalue weighted by molar-refractivity contribution is -0.143. The number of benzene rings is 1. The van der Waals surface area contributed by atoms with Crippen LogP contribution in [0.15, 0.2) is 24.3 Å². The number of carbonyl (C=O) groups is 1. The summed E-state index contributed by atoms with van der Waals surface area (Å²) in [6.07, 6.45) is -8.77. The Labute approximate surface area is 158 Å². The normalized spacial score (nSPS) is 12.6. The van der Waals surface area contributed by atoms with Crippen molar-refractivity contribution in [3.05, 3.63) is 46.6 Å². The summed E-state index contributed by atoms with van der Waals surface area (Å²) in [4.78, 5) is 11.7. The number of hydrogen-bond acceptors (Lipinski definition) is 1. The van der Waals surface area contributed by atoms with Crippen molar-refractivity contribution < 1.29 is 31.1 Å². The van der Waals surface area contributed by atoms with Gasteiger partial charge >= 0.3 is 12.4 Å². The molecule has 3 nitrogen and oxygen atoms in total. The fourth-order valence-electron chi connectivity index (χ4n) is 3.32. The van der Waals surface area contributed by atoms with E-state index in [1.165, 1.54) is 6.07 Å². The Morgan fingerprint density at radius 3 is 1.79 bits per heavy atom. The van der Waals surface area contributed by atoms with Crippen LogP contribution in [-0.4, -0.2) is 10.5 Å². The van der Waals surface area contributed by atoms with Gasteiger partial charge in [0, 0.05) is 17.4 Å². The number of halogens is 6. The summed E-state index contributed by atoms with van der Waals surface area (Å²) in [5.74, 6) is -0.800. The van der Waals surface area contributed by atoms with Gasteiger partial charge in [0.2, 0.25) is 0 Å². The molecular formula is C19H20F6N2O. The van der Waals surface area contributed by atoms with Crippen LogP contribution >= 0.6 is 0 Å². The highest BCUT2D eigenvalue weighted by molar-refractivity contribution is 5.95. The molecule has 1 aromatic carbocycles. The molecule has 2 aromatic rings. The average molecular weight is 406 g/mol. The number of nitrogens with zero attached hydrogens (tertiary/aromatic N) is 1. The number of nitrogens with two attached hydrogens (primary N) is 1. The summed E-state index contributed by atoms with van der Waals surface area (Å²) in [6.45, 7) is 5.25. The number of primary amides is 1. The molecule has 28 heavy (non-hydrogen) atoms. The average Bonchev–Trinajstić information content (AvgIpc) is 2.92. The molecule has 2 N–H and O–H groups in total. The van der Waals surface area contributed by atoms with Gasteiger partial charge in [0.05, 0.1) is 16.7 Å². The topological polar surface area (TPSA) is 48.0 Å². The van der Waals surface area contributed by atoms with E-state index in [0.717, 1.165) is 0 Å². The molecule has 0 radical (unpaired) electrons. The maximum Gasteiger partial charge on any atom is 0.416 e. The zero-order chi connectivity index (χ0) is 21.4. The third kappa shape index (κ3) is 4.18. The highest BCUT2D eigenvalue weighted by Crippen LogP contribution is 2.40. The number of carbonyl (C=O) groups excluding carboxylic acids is 1. The molecule has 0 aliphatic carbocycles. The van der Waals surface area contributed by atoms with Crippen molar-refractivity contribution in [2.45, 2.75) is 52.0 Å². The van der Waals surface area contributed by atoms with Gasteiger partial charge in [-0.15, -0.1) is 0 Å². The van der Waals surface area contributed by atoms with E-state index in [-0.39, 0.29) is 28.9 Å². The Kier molecular flexibility index (Phi) is 5.87. The first-order valence-corrected chi connectivity index (χ1v) is 8.62. The van der Waals surface area contributed by atoms with E-state index in [0.29, 0.717) is 30.7 Å². The van der Waals surface area contributed by atoms with E-state index in [1.54, 1.807) is 11.5 Å². The van der Waals surface area contributed by atoms with Crippen LogP contribution in [0.5, 0.6) is 0 Å². The first kappa shape index (κ1) is 21.8. The SMILES string of the molecule is CCC(CC)n1c(-c2cc(C(F)(F)F)cc(C(F)(F)F)c2)cc(C(N)=O)c1C. The van der Waals surface area contributed by atoms with Gasteiger partial charge in [0.15, 0.2) is 0 Å². The maximum absolute atomic E-state index is 13.2. The number of hydrogen-bond donors (Lipinski definition) is 1. The zero-order valence-corrected chi connectivity index (χ0v) is 15.5.